The van der Waals surface area contributed by atoms with Crippen molar-refractivity contribution in [3.8, 4) is 12.3 Å². The highest BCUT2D eigenvalue weighted by Crippen LogP contribution is 2.22. The van der Waals surface area contributed by atoms with Crippen LogP contribution in [0, 0.1) is 12.3 Å². The van der Waals surface area contributed by atoms with Crippen LogP contribution in [0.1, 0.15) is 6.42 Å². The number of hydrogen-bond donors (Lipinski definition) is 4. The first-order valence-electron chi connectivity index (χ1n) is 5.79. The largest absolute Gasteiger partial charge is 0.388 e. The minimum atomic E-state index is -1.34. The zero-order valence-electron chi connectivity index (χ0n) is 10.6. The molecule has 0 bridgehead atoms. The van der Waals surface area contributed by atoms with Gasteiger partial charge in [0.25, 0.3) is 0 Å². The maximum Gasteiger partial charge on any atom is 0.186 e. The molecule has 110 valence electrons. The molecule has 3 unspecified atom stereocenters. The summed E-state index contributed by atoms with van der Waals surface area (Å²) < 4.78 is 18.1. The lowest BCUT2D eigenvalue weighted by Crippen LogP contribution is -2.60. The van der Waals surface area contributed by atoms with Crippen LogP contribution in [0.25, 0.3) is 0 Å². The summed E-state index contributed by atoms with van der Waals surface area (Å²) in [5, 5.41) is 29.3. The SMILES string of the molecule is C#CCCO[C@H]1OC(CNSOC)[C@@H](O)C(O)C1O. The molecule has 0 amide bonds. The number of nitrogens with one attached hydrogen (secondary N) is 1. The average molecular weight is 293 g/mol. The maximum absolute atomic E-state index is 9.78. The van der Waals surface area contributed by atoms with E-state index in [9.17, 15) is 15.3 Å². The molecule has 1 saturated heterocycles. The van der Waals surface area contributed by atoms with Crippen LogP contribution in [0.4, 0.5) is 0 Å². The van der Waals surface area contributed by atoms with E-state index in [0.717, 1.165) is 12.2 Å². The van der Waals surface area contributed by atoms with Crippen LogP contribution in [-0.4, -0.2) is 66.3 Å². The highest BCUT2D eigenvalue weighted by Gasteiger charge is 2.44. The Kier molecular flexibility index (Phi) is 7.67. The molecule has 1 aliphatic heterocycles. The summed E-state index contributed by atoms with van der Waals surface area (Å²) in [6.07, 6.45) is -0.171. The Labute approximate surface area is 116 Å². The van der Waals surface area contributed by atoms with Gasteiger partial charge in [-0.2, -0.15) is 0 Å². The van der Waals surface area contributed by atoms with Gasteiger partial charge in [-0.05, 0) is 0 Å². The minimum absolute atomic E-state index is 0.202. The van der Waals surface area contributed by atoms with Gasteiger partial charge < -0.3 is 29.0 Å². The average Bonchev–Trinajstić information content (AvgIpc) is 2.41. The predicted octanol–water partition coefficient (Wildman–Crippen LogP) is -1.37. The van der Waals surface area contributed by atoms with Gasteiger partial charge in [0, 0.05) is 13.0 Å². The summed E-state index contributed by atoms with van der Waals surface area (Å²) in [7, 11) is 1.49. The molecule has 5 atom stereocenters. The Morgan fingerprint density at radius 3 is 2.68 bits per heavy atom. The van der Waals surface area contributed by atoms with Crippen molar-refractivity contribution in [3.63, 3.8) is 0 Å². The highest BCUT2D eigenvalue weighted by molar-refractivity contribution is 7.92. The van der Waals surface area contributed by atoms with Crippen molar-refractivity contribution in [2.75, 3.05) is 20.3 Å². The van der Waals surface area contributed by atoms with Gasteiger partial charge in [-0.25, -0.2) is 4.72 Å². The summed E-state index contributed by atoms with van der Waals surface area (Å²) in [6.45, 7) is 0.423. The fourth-order valence-corrected chi connectivity index (χ4v) is 1.98. The van der Waals surface area contributed by atoms with Crippen molar-refractivity contribution in [2.24, 2.45) is 0 Å². The molecule has 1 rings (SSSR count). The van der Waals surface area contributed by atoms with Gasteiger partial charge in [0.15, 0.2) is 6.29 Å². The Hall–Kier alpha value is -0.370. The van der Waals surface area contributed by atoms with Crippen molar-refractivity contribution in [1.29, 1.82) is 0 Å². The topological polar surface area (TPSA) is 100 Å². The standard InChI is InChI=1S/C11H19NO6S/c1-3-4-5-17-11-10(15)9(14)8(13)7(18-11)6-12-19-16-2/h1,7-15H,4-6H2,2H3/t7?,8-,9?,10?,11+/m1/s1. The monoisotopic (exact) mass is 293 g/mol. The fraction of sp³-hybridized carbons (Fsp3) is 0.818. The molecule has 8 heteroatoms. The molecule has 19 heavy (non-hydrogen) atoms. The Bertz CT molecular complexity index is 299. The van der Waals surface area contributed by atoms with E-state index in [1.165, 1.54) is 7.11 Å². The predicted molar refractivity (Wildman–Crippen MR) is 68.7 cm³/mol. The van der Waals surface area contributed by atoms with Crippen molar-refractivity contribution in [3.05, 3.63) is 0 Å². The van der Waals surface area contributed by atoms with Gasteiger partial charge >= 0.3 is 0 Å². The molecule has 0 aromatic heterocycles. The number of aliphatic hydroxyl groups is 3. The van der Waals surface area contributed by atoms with E-state index in [1.807, 2.05) is 0 Å². The van der Waals surface area contributed by atoms with Crippen molar-refractivity contribution >= 4 is 12.2 Å². The summed E-state index contributed by atoms with van der Waals surface area (Å²) in [4.78, 5) is 0. The van der Waals surface area contributed by atoms with Crippen LogP contribution in [0.3, 0.4) is 0 Å². The second-order valence-corrected chi connectivity index (χ2v) is 4.73. The number of hydrogen-bond acceptors (Lipinski definition) is 8. The van der Waals surface area contributed by atoms with E-state index in [2.05, 4.69) is 10.6 Å². The quantitative estimate of drug-likeness (QED) is 0.197. The maximum atomic E-state index is 9.78. The van der Waals surface area contributed by atoms with Crippen LogP contribution in [-0.2, 0) is 13.7 Å². The molecule has 1 heterocycles. The van der Waals surface area contributed by atoms with E-state index in [0.29, 0.717) is 6.42 Å². The summed E-state index contributed by atoms with van der Waals surface area (Å²) >= 11 is 0.976. The second-order valence-electron chi connectivity index (χ2n) is 3.94. The number of ether oxygens (including phenoxy) is 2. The van der Waals surface area contributed by atoms with E-state index in [1.54, 1.807) is 0 Å². The minimum Gasteiger partial charge on any atom is -0.388 e. The zero-order valence-corrected chi connectivity index (χ0v) is 11.4. The van der Waals surface area contributed by atoms with Gasteiger partial charge in [0.1, 0.15) is 24.4 Å². The third-order valence-corrected chi connectivity index (χ3v) is 3.07. The Morgan fingerprint density at radius 2 is 2.05 bits per heavy atom. The lowest BCUT2D eigenvalue weighted by molar-refractivity contribution is -0.294. The number of aliphatic hydroxyl groups excluding tert-OH is 3. The molecule has 0 aromatic carbocycles. The lowest BCUT2D eigenvalue weighted by atomic mass is 9.99. The third-order valence-electron chi connectivity index (χ3n) is 2.62. The Balaban J connectivity index is 2.50. The fourth-order valence-electron chi connectivity index (χ4n) is 1.63. The molecule has 0 saturated carbocycles. The first-order chi connectivity index (χ1) is 9.11. The second kappa shape index (κ2) is 8.73. The molecular weight excluding hydrogens is 274 g/mol. The van der Waals surface area contributed by atoms with Crippen molar-refractivity contribution in [1.82, 2.24) is 4.72 Å². The van der Waals surface area contributed by atoms with Gasteiger partial charge in [-0.1, -0.05) is 0 Å². The van der Waals surface area contributed by atoms with Crippen LogP contribution >= 0.6 is 12.2 Å². The molecule has 7 nitrogen and oxygen atoms in total. The zero-order chi connectivity index (χ0) is 14.3. The van der Waals surface area contributed by atoms with Crippen LogP contribution in [0.5, 0.6) is 0 Å². The normalized spacial score (nSPS) is 35.0. The first-order valence-corrected chi connectivity index (χ1v) is 6.53. The van der Waals surface area contributed by atoms with Crippen molar-refractivity contribution in [2.45, 2.75) is 37.1 Å². The van der Waals surface area contributed by atoms with Gasteiger partial charge in [0.05, 0.1) is 25.9 Å². The van der Waals surface area contributed by atoms with Gasteiger partial charge in [-0.15, -0.1) is 12.3 Å². The number of rotatable bonds is 7. The molecule has 0 radical (unpaired) electrons. The lowest BCUT2D eigenvalue weighted by Gasteiger charge is -2.40. The summed E-state index contributed by atoms with van der Waals surface area (Å²) in [5.41, 5.74) is 0. The molecule has 1 aliphatic rings. The molecule has 0 spiro atoms. The summed E-state index contributed by atoms with van der Waals surface area (Å²) in [6, 6.07) is 0. The first kappa shape index (κ1) is 16.7. The Morgan fingerprint density at radius 1 is 1.32 bits per heavy atom. The van der Waals surface area contributed by atoms with E-state index < -0.39 is 30.7 Å². The smallest absolute Gasteiger partial charge is 0.186 e. The molecule has 4 N–H and O–H groups in total. The molecule has 0 aromatic rings. The van der Waals surface area contributed by atoms with E-state index in [4.69, 9.17) is 20.1 Å². The van der Waals surface area contributed by atoms with Gasteiger partial charge in [-0.3, -0.25) is 0 Å². The van der Waals surface area contributed by atoms with Crippen LogP contribution in [0.15, 0.2) is 0 Å². The van der Waals surface area contributed by atoms with E-state index in [-0.39, 0.29) is 13.2 Å². The van der Waals surface area contributed by atoms with Gasteiger partial charge in [0.2, 0.25) is 0 Å². The van der Waals surface area contributed by atoms with E-state index >= 15 is 0 Å². The molecule has 0 aliphatic carbocycles. The van der Waals surface area contributed by atoms with Crippen LogP contribution in [0.2, 0.25) is 0 Å². The number of terminal acetylenes is 1. The summed E-state index contributed by atoms with van der Waals surface area (Å²) in [5.74, 6) is 2.39. The van der Waals surface area contributed by atoms with Crippen molar-refractivity contribution < 1.29 is 29.0 Å². The molecular formula is C11H19NO6S. The van der Waals surface area contributed by atoms with Crippen LogP contribution < -0.4 is 4.72 Å². The third kappa shape index (κ3) is 4.91. The molecule has 1 fully saturated rings. The highest BCUT2D eigenvalue weighted by atomic mass is 32.2.